The normalized spacial score (nSPS) is 22.0. The quantitative estimate of drug-likeness (QED) is 0.847. The van der Waals surface area contributed by atoms with E-state index in [0.29, 0.717) is 24.1 Å². The number of thioether (sulfide) groups is 1. The van der Waals surface area contributed by atoms with Gasteiger partial charge in [-0.15, -0.1) is 11.8 Å². The predicted molar refractivity (Wildman–Crippen MR) is 90.8 cm³/mol. The summed E-state index contributed by atoms with van der Waals surface area (Å²) in [4.78, 5) is 15.5. The van der Waals surface area contributed by atoms with E-state index in [-0.39, 0.29) is 5.91 Å². The van der Waals surface area contributed by atoms with Crippen LogP contribution in [0.3, 0.4) is 0 Å². The van der Waals surface area contributed by atoms with E-state index < -0.39 is 0 Å². The summed E-state index contributed by atoms with van der Waals surface area (Å²) in [6.07, 6.45) is 1.24. The molecule has 2 rings (SSSR count). The van der Waals surface area contributed by atoms with Crippen molar-refractivity contribution in [3.8, 4) is 6.07 Å². The summed E-state index contributed by atoms with van der Waals surface area (Å²) in [7, 11) is 0. The summed E-state index contributed by atoms with van der Waals surface area (Å²) in [5.74, 6) is 1.70. The Kier molecular flexibility index (Phi) is 6.29. The van der Waals surface area contributed by atoms with Crippen LogP contribution in [0.15, 0.2) is 29.2 Å². The van der Waals surface area contributed by atoms with Gasteiger partial charge in [0.2, 0.25) is 5.91 Å². The number of hydrogen-bond acceptors (Lipinski definition) is 4. The third-order valence-corrected chi connectivity index (χ3v) is 4.71. The van der Waals surface area contributed by atoms with Gasteiger partial charge in [0.15, 0.2) is 0 Å². The number of carbonyl (C=O) groups excluding carboxylic acids is 1. The second-order valence-electron chi connectivity index (χ2n) is 6.13. The summed E-state index contributed by atoms with van der Waals surface area (Å²) >= 11 is 1.45. The fraction of sp³-hybridized carbons (Fsp3) is 0.529. The molecule has 0 aromatic heterocycles. The SMILES string of the molecule is C[C@H]1C[C@H](C)CN(CC(=O)Nc2ccccc2SCC#N)C1. The van der Waals surface area contributed by atoms with Crippen molar-refractivity contribution < 1.29 is 4.79 Å². The van der Waals surface area contributed by atoms with Gasteiger partial charge < -0.3 is 5.32 Å². The fourth-order valence-corrected chi connectivity index (χ4v) is 3.79. The summed E-state index contributed by atoms with van der Waals surface area (Å²) in [6, 6.07) is 9.76. The summed E-state index contributed by atoms with van der Waals surface area (Å²) < 4.78 is 0. The average molecular weight is 317 g/mol. The molecule has 1 fully saturated rings. The van der Waals surface area contributed by atoms with Crippen molar-refractivity contribution in [2.45, 2.75) is 25.2 Å². The number of piperidine rings is 1. The second kappa shape index (κ2) is 8.21. The Bertz CT molecular complexity index is 545. The lowest BCUT2D eigenvalue weighted by molar-refractivity contribution is -0.117. The number of likely N-dealkylation sites (tertiary alicyclic amines) is 1. The van der Waals surface area contributed by atoms with Gasteiger partial charge in [-0.05, 0) is 30.4 Å². The first kappa shape index (κ1) is 16.9. The third-order valence-electron chi connectivity index (χ3n) is 3.77. The highest BCUT2D eigenvalue weighted by Gasteiger charge is 2.23. The van der Waals surface area contributed by atoms with Crippen LogP contribution in [-0.4, -0.2) is 36.2 Å². The van der Waals surface area contributed by atoms with Crippen LogP contribution in [0.5, 0.6) is 0 Å². The highest BCUT2D eigenvalue weighted by molar-refractivity contribution is 7.99. The van der Waals surface area contributed by atoms with Crippen LogP contribution in [0.4, 0.5) is 5.69 Å². The minimum absolute atomic E-state index is 0.0197. The molecule has 1 aromatic rings. The van der Waals surface area contributed by atoms with E-state index in [9.17, 15) is 4.79 Å². The van der Waals surface area contributed by atoms with Crippen molar-refractivity contribution >= 4 is 23.4 Å². The zero-order valence-electron chi connectivity index (χ0n) is 13.2. The lowest BCUT2D eigenvalue weighted by atomic mass is 9.92. The number of nitrogens with zero attached hydrogens (tertiary/aromatic N) is 2. The van der Waals surface area contributed by atoms with Gasteiger partial charge >= 0.3 is 0 Å². The Hall–Kier alpha value is -1.51. The fourth-order valence-electron chi connectivity index (χ4n) is 3.12. The Morgan fingerprint density at radius 3 is 2.73 bits per heavy atom. The molecule has 1 aliphatic rings. The van der Waals surface area contributed by atoms with Gasteiger partial charge in [-0.2, -0.15) is 5.26 Å². The molecule has 0 bridgehead atoms. The lowest BCUT2D eigenvalue weighted by Gasteiger charge is -2.34. The van der Waals surface area contributed by atoms with Crippen molar-refractivity contribution in [3.05, 3.63) is 24.3 Å². The molecule has 0 aliphatic carbocycles. The Morgan fingerprint density at radius 2 is 2.05 bits per heavy atom. The first-order valence-electron chi connectivity index (χ1n) is 7.69. The first-order chi connectivity index (χ1) is 10.6. The van der Waals surface area contributed by atoms with Crippen LogP contribution < -0.4 is 5.32 Å². The molecule has 1 heterocycles. The molecule has 2 atom stereocenters. The maximum absolute atomic E-state index is 12.3. The second-order valence-corrected chi connectivity index (χ2v) is 7.15. The van der Waals surface area contributed by atoms with Crippen LogP contribution in [0.1, 0.15) is 20.3 Å². The number of nitriles is 1. The standard InChI is InChI=1S/C17H23N3OS/c1-13-9-14(2)11-20(10-13)12-17(21)19-15-5-3-4-6-16(15)22-8-7-18/h3-6,13-14H,8-12H2,1-2H3,(H,19,21)/t13-,14-/m0/s1. The van der Waals surface area contributed by atoms with Crippen LogP contribution in [0.2, 0.25) is 0 Å². The maximum atomic E-state index is 12.3. The number of anilines is 1. The molecular weight excluding hydrogens is 294 g/mol. The zero-order chi connectivity index (χ0) is 15.9. The van der Waals surface area contributed by atoms with Crippen LogP contribution in [0, 0.1) is 23.2 Å². The van der Waals surface area contributed by atoms with E-state index in [1.54, 1.807) is 0 Å². The number of hydrogen-bond donors (Lipinski definition) is 1. The lowest BCUT2D eigenvalue weighted by Crippen LogP contribution is -2.42. The first-order valence-corrected chi connectivity index (χ1v) is 8.68. The maximum Gasteiger partial charge on any atom is 0.238 e. The number of rotatable bonds is 5. The molecule has 1 aliphatic heterocycles. The van der Waals surface area contributed by atoms with E-state index >= 15 is 0 Å². The molecule has 4 nitrogen and oxygen atoms in total. The molecule has 118 valence electrons. The van der Waals surface area contributed by atoms with Crippen molar-refractivity contribution in [1.29, 1.82) is 5.26 Å². The van der Waals surface area contributed by atoms with Gasteiger partial charge in [0.1, 0.15) is 0 Å². The highest BCUT2D eigenvalue weighted by Crippen LogP contribution is 2.27. The molecule has 0 saturated carbocycles. The molecule has 0 spiro atoms. The Balaban J connectivity index is 1.93. The Labute approximate surface area is 136 Å². The van der Waals surface area contributed by atoms with Crippen molar-refractivity contribution in [3.63, 3.8) is 0 Å². The minimum Gasteiger partial charge on any atom is -0.324 e. The van der Waals surface area contributed by atoms with Gasteiger partial charge in [-0.25, -0.2) is 0 Å². The highest BCUT2D eigenvalue weighted by atomic mass is 32.2. The molecule has 1 N–H and O–H groups in total. The summed E-state index contributed by atoms with van der Waals surface area (Å²) in [5.41, 5.74) is 0.797. The summed E-state index contributed by atoms with van der Waals surface area (Å²) in [5, 5.41) is 11.7. The summed E-state index contributed by atoms with van der Waals surface area (Å²) in [6.45, 7) is 6.90. The number of para-hydroxylation sites is 1. The molecule has 5 heteroatoms. The topological polar surface area (TPSA) is 56.1 Å². The minimum atomic E-state index is 0.0197. The van der Waals surface area contributed by atoms with E-state index in [1.165, 1.54) is 18.2 Å². The number of carbonyl (C=O) groups is 1. The van der Waals surface area contributed by atoms with Gasteiger partial charge in [-0.3, -0.25) is 9.69 Å². The van der Waals surface area contributed by atoms with Crippen molar-refractivity contribution in [2.75, 3.05) is 30.7 Å². The molecule has 0 radical (unpaired) electrons. The van der Waals surface area contributed by atoms with Crippen molar-refractivity contribution in [1.82, 2.24) is 4.90 Å². The molecule has 1 saturated heterocycles. The molecule has 0 unspecified atom stereocenters. The monoisotopic (exact) mass is 317 g/mol. The van der Waals surface area contributed by atoms with Crippen LogP contribution in [0.25, 0.3) is 0 Å². The van der Waals surface area contributed by atoms with Gasteiger partial charge in [0, 0.05) is 18.0 Å². The smallest absolute Gasteiger partial charge is 0.238 e. The van der Waals surface area contributed by atoms with E-state index in [0.717, 1.165) is 23.7 Å². The zero-order valence-corrected chi connectivity index (χ0v) is 14.0. The van der Waals surface area contributed by atoms with Crippen LogP contribution >= 0.6 is 11.8 Å². The number of nitrogens with one attached hydrogen (secondary N) is 1. The van der Waals surface area contributed by atoms with Gasteiger partial charge in [0.25, 0.3) is 0 Å². The number of benzene rings is 1. The molecule has 1 aromatic carbocycles. The van der Waals surface area contributed by atoms with Gasteiger partial charge in [0.05, 0.1) is 24.1 Å². The van der Waals surface area contributed by atoms with E-state index in [4.69, 9.17) is 5.26 Å². The molecule has 22 heavy (non-hydrogen) atoms. The average Bonchev–Trinajstić information content (AvgIpc) is 2.45. The van der Waals surface area contributed by atoms with Gasteiger partial charge in [-0.1, -0.05) is 26.0 Å². The number of amides is 1. The van der Waals surface area contributed by atoms with Crippen LogP contribution in [-0.2, 0) is 4.79 Å². The molecular formula is C17H23N3OS. The Morgan fingerprint density at radius 1 is 1.36 bits per heavy atom. The van der Waals surface area contributed by atoms with E-state index in [1.807, 2.05) is 24.3 Å². The largest absolute Gasteiger partial charge is 0.324 e. The third kappa shape index (κ3) is 5.04. The van der Waals surface area contributed by atoms with Crippen molar-refractivity contribution in [2.24, 2.45) is 11.8 Å². The van der Waals surface area contributed by atoms with E-state index in [2.05, 4.69) is 30.1 Å². The molecule has 1 amide bonds. The predicted octanol–water partition coefficient (Wildman–Crippen LogP) is 3.22.